The standard InChI is InChI=1S/C18H17ClN2O5S/c1-2-26-18(23)15-11-5-3-4-6-14(11)27-17(15)20-16(22)12-9-10(21(24)25)7-8-13(12)19/h7-9H,2-6H2,1H3,(H,20,22). The van der Waals surface area contributed by atoms with Crippen LogP contribution < -0.4 is 5.32 Å². The lowest BCUT2D eigenvalue weighted by Gasteiger charge is -2.12. The molecule has 1 heterocycles. The lowest BCUT2D eigenvalue weighted by atomic mass is 9.95. The second kappa shape index (κ2) is 8.06. The minimum absolute atomic E-state index is 0.0213. The Labute approximate surface area is 164 Å². The number of carbonyl (C=O) groups is 2. The van der Waals surface area contributed by atoms with E-state index in [4.69, 9.17) is 16.3 Å². The topological polar surface area (TPSA) is 98.5 Å². The van der Waals surface area contributed by atoms with Crippen molar-refractivity contribution in [1.29, 1.82) is 0 Å². The van der Waals surface area contributed by atoms with Gasteiger partial charge in [0.2, 0.25) is 0 Å². The van der Waals surface area contributed by atoms with Gasteiger partial charge in [-0.2, -0.15) is 0 Å². The Morgan fingerprint density at radius 1 is 1.33 bits per heavy atom. The van der Waals surface area contributed by atoms with Crippen LogP contribution in [0.4, 0.5) is 10.7 Å². The summed E-state index contributed by atoms with van der Waals surface area (Å²) in [5.41, 5.74) is 1.05. The molecule has 0 saturated heterocycles. The number of halogens is 1. The van der Waals surface area contributed by atoms with E-state index in [9.17, 15) is 19.7 Å². The number of aryl methyl sites for hydroxylation is 1. The highest BCUT2D eigenvalue weighted by Gasteiger charge is 2.28. The summed E-state index contributed by atoms with van der Waals surface area (Å²) < 4.78 is 5.16. The van der Waals surface area contributed by atoms with E-state index in [-0.39, 0.29) is 22.9 Å². The third-order valence-electron chi connectivity index (χ3n) is 4.28. The minimum atomic E-state index is -0.604. The van der Waals surface area contributed by atoms with E-state index in [1.165, 1.54) is 23.5 Å². The highest BCUT2D eigenvalue weighted by Crippen LogP contribution is 2.39. The molecule has 1 N–H and O–H groups in total. The molecule has 0 unspecified atom stereocenters. The van der Waals surface area contributed by atoms with Crippen LogP contribution in [0.5, 0.6) is 0 Å². The summed E-state index contributed by atoms with van der Waals surface area (Å²) in [4.78, 5) is 36.6. The second-order valence-corrected chi connectivity index (χ2v) is 7.52. The number of nitrogens with zero attached hydrogens (tertiary/aromatic N) is 1. The van der Waals surface area contributed by atoms with E-state index in [0.29, 0.717) is 10.6 Å². The molecule has 9 heteroatoms. The highest BCUT2D eigenvalue weighted by atomic mass is 35.5. The Balaban J connectivity index is 1.97. The maximum absolute atomic E-state index is 12.7. The Bertz CT molecular complexity index is 925. The molecule has 1 aliphatic rings. The van der Waals surface area contributed by atoms with E-state index in [1.807, 2.05) is 0 Å². The molecular weight excluding hydrogens is 392 g/mol. The number of thiophene rings is 1. The summed E-state index contributed by atoms with van der Waals surface area (Å²) in [6.07, 6.45) is 3.60. The number of ether oxygens (including phenoxy) is 1. The smallest absolute Gasteiger partial charge is 0.341 e. The fourth-order valence-corrected chi connectivity index (χ4v) is 4.52. The van der Waals surface area contributed by atoms with Crippen molar-refractivity contribution >= 4 is 45.5 Å². The first-order valence-corrected chi connectivity index (χ1v) is 9.68. The molecular formula is C18H17ClN2O5S. The van der Waals surface area contributed by atoms with E-state index < -0.39 is 16.8 Å². The Morgan fingerprint density at radius 2 is 2.07 bits per heavy atom. The molecule has 7 nitrogen and oxygen atoms in total. The van der Waals surface area contributed by atoms with Gasteiger partial charge in [0.25, 0.3) is 11.6 Å². The summed E-state index contributed by atoms with van der Waals surface area (Å²) in [6.45, 7) is 1.95. The molecule has 0 aliphatic heterocycles. The molecule has 0 atom stereocenters. The third-order valence-corrected chi connectivity index (χ3v) is 5.82. The van der Waals surface area contributed by atoms with Gasteiger partial charge in [0.05, 0.1) is 27.7 Å². The summed E-state index contributed by atoms with van der Waals surface area (Å²) >= 11 is 7.39. The number of anilines is 1. The molecule has 1 aliphatic carbocycles. The van der Waals surface area contributed by atoms with Crippen LogP contribution in [0.3, 0.4) is 0 Å². The Morgan fingerprint density at radius 3 is 2.78 bits per heavy atom. The van der Waals surface area contributed by atoms with Crippen molar-refractivity contribution in [3.63, 3.8) is 0 Å². The maximum Gasteiger partial charge on any atom is 0.341 e. The summed E-state index contributed by atoms with van der Waals surface area (Å²) in [5, 5.41) is 14.2. The number of fused-ring (bicyclic) bond motifs is 1. The zero-order valence-electron chi connectivity index (χ0n) is 14.5. The number of nitro benzene ring substituents is 1. The maximum atomic E-state index is 12.7. The number of hydrogen-bond donors (Lipinski definition) is 1. The van der Waals surface area contributed by atoms with Crippen LogP contribution >= 0.6 is 22.9 Å². The first-order chi connectivity index (χ1) is 12.9. The van der Waals surface area contributed by atoms with Gasteiger partial charge < -0.3 is 10.1 Å². The van der Waals surface area contributed by atoms with Crippen molar-refractivity contribution in [2.24, 2.45) is 0 Å². The molecule has 1 aromatic heterocycles. The van der Waals surface area contributed by atoms with E-state index >= 15 is 0 Å². The number of carbonyl (C=O) groups excluding carboxylic acids is 2. The lowest BCUT2D eigenvalue weighted by molar-refractivity contribution is -0.384. The Hall–Kier alpha value is -2.45. The quantitative estimate of drug-likeness (QED) is 0.442. The van der Waals surface area contributed by atoms with Gasteiger partial charge in [-0.05, 0) is 44.2 Å². The number of esters is 1. The number of nitro groups is 1. The summed E-state index contributed by atoms with van der Waals surface area (Å²) in [6, 6.07) is 3.66. The second-order valence-electron chi connectivity index (χ2n) is 6.01. The predicted molar refractivity (Wildman–Crippen MR) is 103 cm³/mol. The first kappa shape index (κ1) is 19.3. The average molecular weight is 409 g/mol. The number of benzene rings is 1. The van der Waals surface area contributed by atoms with Crippen LogP contribution in [0.15, 0.2) is 18.2 Å². The molecule has 0 fully saturated rings. The van der Waals surface area contributed by atoms with Crippen LogP contribution in [-0.2, 0) is 17.6 Å². The predicted octanol–water partition coefficient (Wildman–Crippen LogP) is 4.62. The van der Waals surface area contributed by atoms with Crippen molar-refractivity contribution in [1.82, 2.24) is 0 Å². The van der Waals surface area contributed by atoms with Crippen LogP contribution in [0.1, 0.15) is 50.9 Å². The van der Waals surface area contributed by atoms with Crippen molar-refractivity contribution < 1.29 is 19.2 Å². The molecule has 0 bridgehead atoms. The zero-order valence-corrected chi connectivity index (χ0v) is 16.1. The van der Waals surface area contributed by atoms with Gasteiger partial charge in [-0.25, -0.2) is 4.79 Å². The monoisotopic (exact) mass is 408 g/mol. The SMILES string of the molecule is CCOC(=O)c1c(NC(=O)c2cc([N+](=O)[O-])ccc2Cl)sc2c1CCCC2. The lowest BCUT2D eigenvalue weighted by Crippen LogP contribution is -2.16. The average Bonchev–Trinajstić information content (AvgIpc) is 2.99. The van der Waals surface area contributed by atoms with Gasteiger partial charge in [-0.3, -0.25) is 14.9 Å². The zero-order chi connectivity index (χ0) is 19.6. The van der Waals surface area contributed by atoms with Crippen molar-refractivity contribution in [2.75, 3.05) is 11.9 Å². The minimum Gasteiger partial charge on any atom is -0.462 e. The number of non-ortho nitro benzene ring substituents is 1. The van der Waals surface area contributed by atoms with E-state index in [2.05, 4.69) is 5.32 Å². The van der Waals surface area contributed by atoms with Gasteiger partial charge >= 0.3 is 5.97 Å². The molecule has 3 rings (SSSR count). The number of rotatable bonds is 5. The van der Waals surface area contributed by atoms with Crippen LogP contribution in [0.25, 0.3) is 0 Å². The number of hydrogen-bond acceptors (Lipinski definition) is 6. The first-order valence-electron chi connectivity index (χ1n) is 8.49. The molecule has 27 heavy (non-hydrogen) atoms. The van der Waals surface area contributed by atoms with Crippen LogP contribution in [0.2, 0.25) is 5.02 Å². The molecule has 1 aromatic carbocycles. The highest BCUT2D eigenvalue weighted by molar-refractivity contribution is 7.17. The summed E-state index contributed by atoms with van der Waals surface area (Å²) in [7, 11) is 0. The molecule has 142 valence electrons. The molecule has 0 radical (unpaired) electrons. The van der Waals surface area contributed by atoms with Crippen molar-refractivity contribution in [3.8, 4) is 0 Å². The fourth-order valence-electron chi connectivity index (χ4n) is 3.04. The third kappa shape index (κ3) is 3.96. The number of amides is 1. The van der Waals surface area contributed by atoms with Gasteiger partial charge in [0.15, 0.2) is 0 Å². The van der Waals surface area contributed by atoms with Gasteiger partial charge in [0, 0.05) is 17.0 Å². The molecule has 0 saturated carbocycles. The van der Waals surface area contributed by atoms with Crippen molar-refractivity contribution in [3.05, 3.63) is 54.9 Å². The van der Waals surface area contributed by atoms with Gasteiger partial charge in [0.1, 0.15) is 5.00 Å². The fraction of sp³-hybridized carbons (Fsp3) is 0.333. The van der Waals surface area contributed by atoms with E-state index in [1.54, 1.807) is 6.92 Å². The van der Waals surface area contributed by atoms with Gasteiger partial charge in [-0.1, -0.05) is 11.6 Å². The molecule has 0 spiro atoms. The summed E-state index contributed by atoms with van der Waals surface area (Å²) in [5.74, 6) is -1.08. The van der Waals surface area contributed by atoms with Crippen molar-refractivity contribution in [2.45, 2.75) is 32.6 Å². The molecule has 2 aromatic rings. The van der Waals surface area contributed by atoms with E-state index in [0.717, 1.165) is 42.2 Å². The van der Waals surface area contributed by atoms with Gasteiger partial charge in [-0.15, -0.1) is 11.3 Å². The number of nitrogens with one attached hydrogen (secondary N) is 1. The Kier molecular flexibility index (Phi) is 5.76. The van der Waals surface area contributed by atoms with Crippen LogP contribution in [-0.4, -0.2) is 23.4 Å². The largest absolute Gasteiger partial charge is 0.462 e. The normalized spacial score (nSPS) is 13.0. The molecule has 1 amide bonds. The van der Waals surface area contributed by atoms with Crippen LogP contribution in [0, 0.1) is 10.1 Å².